The number of thiophene rings is 4. The van der Waals surface area contributed by atoms with Gasteiger partial charge in [-0.1, -0.05) is 115 Å². The molecule has 0 saturated heterocycles. The maximum Gasteiger partial charge on any atom is 0.238 e. The summed E-state index contributed by atoms with van der Waals surface area (Å²) in [6.45, 7) is 0. The van der Waals surface area contributed by atoms with E-state index in [1.165, 1.54) is 80.7 Å². The van der Waals surface area contributed by atoms with Gasteiger partial charge in [-0.25, -0.2) is 9.97 Å². The van der Waals surface area contributed by atoms with Crippen LogP contribution in [0.3, 0.4) is 0 Å². The summed E-state index contributed by atoms with van der Waals surface area (Å²) in [7, 11) is 0. The van der Waals surface area contributed by atoms with Crippen molar-refractivity contribution in [3.63, 3.8) is 0 Å². The van der Waals surface area contributed by atoms with Crippen molar-refractivity contribution in [2.45, 2.75) is 0 Å². The Morgan fingerprint density at radius 2 is 0.548 bits per heavy atom. The fourth-order valence-electron chi connectivity index (χ4n) is 12.8. The number of nitrogens with zero attached hydrogens (tertiary/aromatic N) is 8. The normalized spacial score (nSPS) is 12.3. The number of benzene rings is 11. The average Bonchev–Trinajstić information content (AvgIpc) is 3.18. The Hall–Kier alpha value is -10.1. The molecule has 19 rings (SSSR count). The summed E-state index contributed by atoms with van der Waals surface area (Å²) < 4.78 is 14.4. The predicted octanol–water partition coefficient (Wildman–Crippen LogP) is 20.4. The Balaban J connectivity index is 0.880. The van der Waals surface area contributed by atoms with E-state index in [1.54, 1.807) is 45.3 Å². The van der Waals surface area contributed by atoms with Gasteiger partial charge >= 0.3 is 0 Å². The molecule has 8 aromatic heterocycles. The van der Waals surface area contributed by atoms with Crippen LogP contribution < -0.4 is 0 Å². The Morgan fingerprint density at radius 3 is 0.952 bits per heavy atom. The number of rotatable bonds is 6. The van der Waals surface area contributed by atoms with Gasteiger partial charge < -0.3 is 0 Å². The van der Waals surface area contributed by atoms with E-state index in [0.717, 1.165) is 65.9 Å². The summed E-state index contributed by atoms with van der Waals surface area (Å²) in [5, 5.41) is 13.8. The lowest BCUT2D eigenvalue weighted by Gasteiger charge is -2.12. The van der Waals surface area contributed by atoms with E-state index in [2.05, 4.69) is 240 Å². The predicted molar refractivity (Wildman–Crippen MR) is 355 cm³/mol. The van der Waals surface area contributed by atoms with Gasteiger partial charge in [0, 0.05) is 124 Å². The molecule has 0 spiro atoms. The smallest absolute Gasteiger partial charge is 0.238 e. The largest absolute Gasteiger partial charge is 0.278 e. The van der Waals surface area contributed by atoms with E-state index in [-0.39, 0.29) is 0 Å². The van der Waals surface area contributed by atoms with E-state index in [4.69, 9.17) is 29.9 Å². The van der Waals surface area contributed by atoms with Crippen molar-refractivity contribution in [2.24, 2.45) is 0 Å². The molecule has 0 aliphatic carbocycles. The van der Waals surface area contributed by atoms with Crippen molar-refractivity contribution in [2.75, 3.05) is 0 Å². The summed E-state index contributed by atoms with van der Waals surface area (Å²) in [6, 6.07) is 82.7. The molecule has 0 radical (unpaired) electrons. The molecule has 0 N–H and O–H groups in total. The monoisotopic (exact) mass is 1140 g/mol. The Labute approximate surface area is 493 Å². The lowest BCUT2D eigenvalue weighted by atomic mass is 10.1. The highest BCUT2D eigenvalue weighted by Gasteiger charge is 2.26. The third-order valence-electron chi connectivity index (χ3n) is 16.7. The van der Waals surface area contributed by atoms with Gasteiger partial charge in [0.2, 0.25) is 11.9 Å². The van der Waals surface area contributed by atoms with E-state index >= 15 is 0 Å². The number of hydrogen-bond acceptors (Lipinski definition) is 10. The quantitative estimate of drug-likeness (QED) is 0.165. The van der Waals surface area contributed by atoms with E-state index in [9.17, 15) is 0 Å². The number of para-hydroxylation sites is 2. The fraction of sp³-hybridized carbons (Fsp3) is 0. The van der Waals surface area contributed by atoms with Crippen molar-refractivity contribution < 1.29 is 0 Å². The highest BCUT2D eigenvalue weighted by molar-refractivity contribution is 7.27. The molecule has 0 aliphatic heterocycles. The van der Waals surface area contributed by atoms with E-state index < -0.39 is 0 Å². The zero-order valence-corrected chi connectivity index (χ0v) is 47.4. The Kier molecular flexibility index (Phi) is 9.81. The van der Waals surface area contributed by atoms with E-state index in [1.807, 2.05) is 0 Å². The van der Waals surface area contributed by atoms with Gasteiger partial charge in [0.05, 0.1) is 22.1 Å². The second-order valence-corrected chi connectivity index (χ2v) is 25.7. The maximum atomic E-state index is 5.57. The highest BCUT2D eigenvalue weighted by atomic mass is 32.1. The topological polar surface area (TPSA) is 87.2 Å². The molecule has 0 aliphatic rings. The first-order valence-corrected chi connectivity index (χ1v) is 31.0. The highest BCUT2D eigenvalue weighted by Crippen LogP contribution is 2.45. The van der Waals surface area contributed by atoms with Gasteiger partial charge in [0.15, 0.2) is 23.3 Å². The van der Waals surface area contributed by atoms with Gasteiger partial charge in [-0.3, -0.25) is 9.13 Å². The second kappa shape index (κ2) is 17.7. The molecule has 8 nitrogen and oxygen atoms in total. The lowest BCUT2D eigenvalue weighted by Crippen LogP contribution is -2.07. The molecule has 11 aromatic carbocycles. The van der Waals surface area contributed by atoms with Crippen LogP contribution in [0.5, 0.6) is 0 Å². The average molecular weight is 1140 g/mol. The van der Waals surface area contributed by atoms with Crippen molar-refractivity contribution >= 4 is 170 Å². The van der Waals surface area contributed by atoms with E-state index in [0.29, 0.717) is 35.2 Å². The summed E-state index contributed by atoms with van der Waals surface area (Å²) in [5.74, 6) is 3.41. The van der Waals surface area contributed by atoms with Crippen molar-refractivity contribution in [3.8, 4) is 57.4 Å². The van der Waals surface area contributed by atoms with Crippen LogP contribution in [0.4, 0.5) is 0 Å². The molecule has 0 fully saturated rings. The molecular weight excluding hydrogens is 1110 g/mol. The van der Waals surface area contributed by atoms with Gasteiger partial charge in [0.25, 0.3) is 0 Å². The number of aromatic nitrogens is 8. The summed E-state index contributed by atoms with van der Waals surface area (Å²) in [4.78, 5) is 33.0. The van der Waals surface area contributed by atoms with Gasteiger partial charge in [0.1, 0.15) is 0 Å². The molecule has 0 amide bonds. The van der Waals surface area contributed by atoms with Crippen LogP contribution >= 0.6 is 45.3 Å². The summed E-state index contributed by atoms with van der Waals surface area (Å²) >= 11 is 7.22. The summed E-state index contributed by atoms with van der Waals surface area (Å²) in [6.07, 6.45) is 0. The molecular formula is C72H38N8S4. The van der Waals surface area contributed by atoms with Crippen LogP contribution in [-0.2, 0) is 0 Å². The Morgan fingerprint density at radius 1 is 0.226 bits per heavy atom. The molecule has 19 aromatic rings. The minimum absolute atomic E-state index is 0.520. The first-order valence-electron chi connectivity index (χ1n) is 27.7. The molecule has 84 heavy (non-hydrogen) atoms. The number of fused-ring (bicyclic) bond motifs is 19. The standard InChI is InChI=1S/C72H38N8S4/c1-7-19-54-43(13-1)48-29-30-56-65(66(48)80(54)72-77-69(41-27-33-63-52(37-41)46-16-5-11-23-59(46)83-63)74-70(78-72)42-28-34-64-53(38-42)47-17-6-12-24-60(47)84-64)49-18-2-8-20-55(49)79(56)71-75-67(39-25-31-61-50(35-39)44-14-3-9-21-57(44)81-61)73-68(76-71)40-26-32-62-51(36-40)45-15-4-10-22-58(45)82-62/h1-38H. The minimum atomic E-state index is 0.520. The van der Waals surface area contributed by atoms with Crippen LogP contribution in [0, 0.1) is 0 Å². The maximum absolute atomic E-state index is 5.57. The van der Waals surface area contributed by atoms with Crippen LogP contribution in [0.2, 0.25) is 0 Å². The van der Waals surface area contributed by atoms with Gasteiger partial charge in [-0.2, -0.15) is 19.9 Å². The first kappa shape index (κ1) is 46.5. The third-order valence-corrected chi connectivity index (χ3v) is 21.3. The molecule has 0 saturated carbocycles. The second-order valence-electron chi connectivity index (χ2n) is 21.4. The minimum Gasteiger partial charge on any atom is -0.278 e. The molecule has 0 bridgehead atoms. The summed E-state index contributed by atoms with van der Waals surface area (Å²) in [5.41, 5.74) is 7.52. The molecule has 0 unspecified atom stereocenters. The molecule has 12 heteroatoms. The fourth-order valence-corrected chi connectivity index (χ4v) is 17.2. The molecule has 8 heterocycles. The van der Waals surface area contributed by atoms with Gasteiger partial charge in [-0.15, -0.1) is 45.3 Å². The molecule has 0 atom stereocenters. The SMILES string of the molecule is c1ccc2c(c1)sc1ccc(-c3nc(-c4ccc5sc6ccccc6c5c4)nc(-n4c5ccccc5c5c4ccc4c6ccccc6n(-c6nc(-c7ccc8sc9ccccc9c8c7)nc(-c7ccc8sc9ccccc9c8c7)n6)c45)n3)cc12. The Bertz CT molecular complexity index is 5770. The van der Waals surface area contributed by atoms with Crippen molar-refractivity contribution in [3.05, 3.63) is 231 Å². The lowest BCUT2D eigenvalue weighted by molar-refractivity contribution is 0.952. The van der Waals surface area contributed by atoms with Crippen molar-refractivity contribution in [1.29, 1.82) is 0 Å². The number of hydrogen-bond donors (Lipinski definition) is 0. The third kappa shape index (κ3) is 6.90. The van der Waals surface area contributed by atoms with Crippen LogP contribution in [0.15, 0.2) is 231 Å². The van der Waals surface area contributed by atoms with Crippen molar-refractivity contribution in [1.82, 2.24) is 39.0 Å². The first-order chi connectivity index (χ1) is 41.6. The van der Waals surface area contributed by atoms with Gasteiger partial charge in [-0.05, 0) is 115 Å². The molecule has 390 valence electrons. The zero-order chi connectivity index (χ0) is 54.7. The van der Waals surface area contributed by atoms with Crippen LogP contribution in [-0.4, -0.2) is 39.0 Å². The zero-order valence-electron chi connectivity index (χ0n) is 44.2. The van der Waals surface area contributed by atoms with Crippen LogP contribution in [0.25, 0.3) is 182 Å². The van der Waals surface area contributed by atoms with Crippen LogP contribution in [0.1, 0.15) is 0 Å².